The Morgan fingerprint density at radius 2 is 2.10 bits per heavy atom. The van der Waals surface area contributed by atoms with Crippen molar-refractivity contribution in [3.8, 4) is 5.75 Å². The van der Waals surface area contributed by atoms with Crippen molar-refractivity contribution in [1.82, 2.24) is 5.32 Å². The van der Waals surface area contributed by atoms with E-state index in [-0.39, 0.29) is 23.3 Å². The molecule has 5 nitrogen and oxygen atoms in total. The molecule has 7 heteroatoms. The third-order valence-corrected chi connectivity index (χ3v) is 2.57. The van der Waals surface area contributed by atoms with Crippen molar-refractivity contribution in [1.29, 1.82) is 0 Å². The maximum Gasteiger partial charge on any atom is 0.387 e. The first-order valence-electron chi connectivity index (χ1n) is 6.06. The molecular weight excluding hydrogens is 272 g/mol. The van der Waals surface area contributed by atoms with Gasteiger partial charge in [0, 0.05) is 6.04 Å². The van der Waals surface area contributed by atoms with Crippen LogP contribution in [0.2, 0.25) is 0 Å². The van der Waals surface area contributed by atoms with Gasteiger partial charge in [-0.3, -0.25) is 4.79 Å². The molecule has 108 valence electrons. The van der Waals surface area contributed by atoms with Crippen LogP contribution in [0.15, 0.2) is 24.3 Å². The van der Waals surface area contributed by atoms with Crippen molar-refractivity contribution in [2.75, 3.05) is 6.61 Å². The molecule has 0 saturated heterocycles. The molecular formula is C13H13F2NO4. The fourth-order valence-electron chi connectivity index (χ4n) is 1.51. The Hall–Kier alpha value is -2.18. The minimum Gasteiger partial charge on any atom is -0.452 e. The van der Waals surface area contributed by atoms with E-state index in [9.17, 15) is 18.4 Å². The average molecular weight is 285 g/mol. The van der Waals surface area contributed by atoms with Gasteiger partial charge in [-0.05, 0) is 31.0 Å². The second kappa shape index (κ2) is 6.31. The van der Waals surface area contributed by atoms with Crippen molar-refractivity contribution in [3.63, 3.8) is 0 Å². The maximum atomic E-state index is 12.0. The minimum atomic E-state index is -2.97. The van der Waals surface area contributed by atoms with Crippen LogP contribution in [0.25, 0.3) is 0 Å². The predicted molar refractivity (Wildman–Crippen MR) is 64.5 cm³/mol. The summed E-state index contributed by atoms with van der Waals surface area (Å²) >= 11 is 0. The van der Waals surface area contributed by atoms with Gasteiger partial charge in [-0.2, -0.15) is 8.78 Å². The van der Waals surface area contributed by atoms with E-state index in [0.717, 1.165) is 18.9 Å². The molecule has 20 heavy (non-hydrogen) atoms. The first kappa shape index (κ1) is 14.2. The van der Waals surface area contributed by atoms with E-state index in [1.54, 1.807) is 0 Å². The highest BCUT2D eigenvalue weighted by Crippen LogP contribution is 2.18. The number of carbonyl (C=O) groups excluding carboxylic acids is 2. The van der Waals surface area contributed by atoms with Gasteiger partial charge < -0.3 is 14.8 Å². The van der Waals surface area contributed by atoms with E-state index in [4.69, 9.17) is 4.74 Å². The van der Waals surface area contributed by atoms with E-state index in [2.05, 4.69) is 10.1 Å². The number of amides is 1. The first-order valence-corrected chi connectivity index (χ1v) is 6.06. The van der Waals surface area contributed by atoms with Gasteiger partial charge in [-0.1, -0.05) is 6.07 Å². The molecule has 1 N–H and O–H groups in total. The predicted octanol–water partition coefficient (Wildman–Crippen LogP) is 1.72. The number of carbonyl (C=O) groups is 2. The second-order valence-corrected chi connectivity index (χ2v) is 4.32. The number of hydrogen-bond acceptors (Lipinski definition) is 4. The molecule has 0 atom stereocenters. The van der Waals surface area contributed by atoms with Crippen LogP contribution in [0.3, 0.4) is 0 Å². The van der Waals surface area contributed by atoms with Crippen LogP contribution in [0.5, 0.6) is 5.75 Å². The lowest BCUT2D eigenvalue weighted by Crippen LogP contribution is -2.30. The Labute approximate surface area is 113 Å². The molecule has 0 unspecified atom stereocenters. The van der Waals surface area contributed by atoms with Gasteiger partial charge in [0.05, 0.1) is 5.56 Å². The van der Waals surface area contributed by atoms with Gasteiger partial charge in [0.2, 0.25) is 0 Å². The molecule has 1 saturated carbocycles. The summed E-state index contributed by atoms with van der Waals surface area (Å²) in [7, 11) is 0. The highest BCUT2D eigenvalue weighted by atomic mass is 19.3. The highest BCUT2D eigenvalue weighted by Gasteiger charge is 2.23. The SMILES string of the molecule is O=C(COC(=O)c1cccc(OC(F)F)c1)NC1CC1. The Kier molecular flexibility index (Phi) is 4.49. The third kappa shape index (κ3) is 4.49. The van der Waals surface area contributed by atoms with Crippen molar-refractivity contribution in [3.05, 3.63) is 29.8 Å². The summed E-state index contributed by atoms with van der Waals surface area (Å²) in [5.41, 5.74) is 0.0439. The second-order valence-electron chi connectivity index (χ2n) is 4.32. The largest absolute Gasteiger partial charge is 0.452 e. The molecule has 1 fully saturated rings. The Bertz CT molecular complexity index is 503. The van der Waals surface area contributed by atoms with Gasteiger partial charge in [0.15, 0.2) is 6.61 Å². The zero-order valence-electron chi connectivity index (χ0n) is 10.5. The topological polar surface area (TPSA) is 64.6 Å². The van der Waals surface area contributed by atoms with E-state index in [0.29, 0.717) is 0 Å². The number of esters is 1. The summed E-state index contributed by atoms with van der Waals surface area (Å²) < 4.78 is 33.0. The van der Waals surface area contributed by atoms with Gasteiger partial charge in [0.25, 0.3) is 5.91 Å². The van der Waals surface area contributed by atoms with Crippen LogP contribution in [0.1, 0.15) is 23.2 Å². The summed E-state index contributed by atoms with van der Waals surface area (Å²) in [6.07, 6.45) is 1.87. The smallest absolute Gasteiger partial charge is 0.387 e. The van der Waals surface area contributed by atoms with Gasteiger partial charge in [0.1, 0.15) is 5.75 Å². The standard InChI is InChI=1S/C13H13F2NO4/c14-13(15)20-10-3-1-2-8(6-10)12(18)19-7-11(17)16-9-4-5-9/h1-3,6,9,13H,4-5,7H2,(H,16,17). The number of nitrogens with one attached hydrogen (secondary N) is 1. The molecule has 0 bridgehead atoms. The van der Waals surface area contributed by atoms with Crippen LogP contribution >= 0.6 is 0 Å². The fourth-order valence-corrected chi connectivity index (χ4v) is 1.51. The average Bonchev–Trinajstić information content (AvgIpc) is 3.19. The number of ether oxygens (including phenoxy) is 2. The molecule has 2 rings (SSSR count). The van der Waals surface area contributed by atoms with E-state index in [1.165, 1.54) is 18.2 Å². The maximum absolute atomic E-state index is 12.0. The zero-order valence-corrected chi connectivity index (χ0v) is 10.5. The van der Waals surface area contributed by atoms with Gasteiger partial charge >= 0.3 is 12.6 Å². The molecule has 0 heterocycles. The zero-order chi connectivity index (χ0) is 14.5. The number of halogens is 2. The number of benzene rings is 1. The molecule has 0 aliphatic heterocycles. The Morgan fingerprint density at radius 1 is 1.35 bits per heavy atom. The molecule has 1 aliphatic carbocycles. The van der Waals surface area contributed by atoms with Crippen LogP contribution in [-0.2, 0) is 9.53 Å². The lowest BCUT2D eigenvalue weighted by atomic mass is 10.2. The third-order valence-electron chi connectivity index (χ3n) is 2.57. The lowest BCUT2D eigenvalue weighted by molar-refractivity contribution is -0.124. The first-order chi connectivity index (χ1) is 9.54. The highest BCUT2D eigenvalue weighted by molar-refractivity contribution is 5.91. The summed E-state index contributed by atoms with van der Waals surface area (Å²) in [5, 5.41) is 2.66. The number of hydrogen-bond donors (Lipinski definition) is 1. The van der Waals surface area contributed by atoms with Crippen molar-refractivity contribution in [2.24, 2.45) is 0 Å². The van der Waals surface area contributed by atoms with E-state index >= 15 is 0 Å². The minimum absolute atomic E-state index is 0.0439. The van der Waals surface area contributed by atoms with Crippen LogP contribution in [0.4, 0.5) is 8.78 Å². The molecule has 1 aromatic rings. The number of rotatable bonds is 6. The summed E-state index contributed by atoms with van der Waals surface area (Å²) in [6, 6.07) is 5.39. The summed E-state index contributed by atoms with van der Waals surface area (Å²) in [6.45, 7) is -3.36. The summed E-state index contributed by atoms with van der Waals surface area (Å²) in [5.74, 6) is -1.28. The van der Waals surface area contributed by atoms with Gasteiger partial charge in [-0.25, -0.2) is 4.79 Å². The monoisotopic (exact) mass is 285 g/mol. The molecule has 1 aromatic carbocycles. The Morgan fingerprint density at radius 3 is 2.75 bits per heavy atom. The quantitative estimate of drug-likeness (QED) is 0.808. The molecule has 0 spiro atoms. The Balaban J connectivity index is 1.86. The van der Waals surface area contributed by atoms with Crippen molar-refractivity contribution in [2.45, 2.75) is 25.5 Å². The van der Waals surface area contributed by atoms with Crippen LogP contribution in [0, 0.1) is 0 Å². The van der Waals surface area contributed by atoms with Gasteiger partial charge in [-0.15, -0.1) is 0 Å². The lowest BCUT2D eigenvalue weighted by Gasteiger charge is -2.07. The van der Waals surface area contributed by atoms with Crippen LogP contribution < -0.4 is 10.1 Å². The molecule has 1 amide bonds. The van der Waals surface area contributed by atoms with Crippen molar-refractivity contribution < 1.29 is 27.8 Å². The number of alkyl halides is 2. The van der Waals surface area contributed by atoms with E-state index < -0.39 is 19.2 Å². The van der Waals surface area contributed by atoms with Crippen LogP contribution in [-0.4, -0.2) is 31.1 Å². The summed E-state index contributed by atoms with van der Waals surface area (Å²) in [4.78, 5) is 23.0. The molecule has 0 aromatic heterocycles. The van der Waals surface area contributed by atoms with E-state index in [1.807, 2.05) is 0 Å². The fraction of sp³-hybridized carbons (Fsp3) is 0.385. The normalized spacial score (nSPS) is 13.9. The molecule has 1 aliphatic rings. The van der Waals surface area contributed by atoms with Crippen molar-refractivity contribution >= 4 is 11.9 Å². The molecule has 0 radical (unpaired) electrons.